The minimum atomic E-state index is -1.26. The number of amides is 1. The number of likely N-dealkylation sites (N-methyl/N-ethyl adjacent to an activating group) is 1. The van der Waals surface area contributed by atoms with Gasteiger partial charge in [0.25, 0.3) is 5.91 Å². The third-order valence-corrected chi connectivity index (χ3v) is 5.20. The van der Waals surface area contributed by atoms with Gasteiger partial charge in [-0.15, -0.1) is 0 Å². The molecule has 8 heteroatoms. The van der Waals surface area contributed by atoms with E-state index in [4.69, 9.17) is 5.73 Å². The zero-order valence-corrected chi connectivity index (χ0v) is 16.8. The molecule has 7 nitrogen and oxygen atoms in total. The van der Waals surface area contributed by atoms with Crippen molar-refractivity contribution in [1.29, 1.82) is 0 Å². The third kappa shape index (κ3) is 4.04. The number of hydrogen-bond acceptors (Lipinski definition) is 5. The highest BCUT2D eigenvalue weighted by atomic mass is 19.1. The molecule has 3 N–H and O–H groups in total. The van der Waals surface area contributed by atoms with E-state index in [-0.39, 0.29) is 5.69 Å². The van der Waals surface area contributed by atoms with Crippen LogP contribution in [0.15, 0.2) is 61.1 Å². The number of rotatable bonds is 3. The molecule has 4 rings (SSSR count). The SMILES string of the molecule is C=C1N(C)CC[C@@]1(O)C#Cc1cccc(-c2cc(-n3cc(F)cn3)cc(C(N)=O)n2)c1. The fourth-order valence-electron chi connectivity index (χ4n) is 3.36. The number of aromatic nitrogens is 3. The van der Waals surface area contributed by atoms with Gasteiger partial charge in [0.2, 0.25) is 0 Å². The second kappa shape index (κ2) is 7.70. The summed E-state index contributed by atoms with van der Waals surface area (Å²) in [6, 6.07) is 10.3. The Bertz CT molecular complexity index is 1260. The van der Waals surface area contributed by atoms with Gasteiger partial charge in [-0.05, 0) is 24.3 Å². The van der Waals surface area contributed by atoms with E-state index in [1.54, 1.807) is 18.2 Å². The van der Waals surface area contributed by atoms with Crippen LogP contribution in [-0.4, -0.2) is 49.9 Å². The average Bonchev–Trinajstić information content (AvgIpc) is 3.31. The van der Waals surface area contributed by atoms with E-state index in [2.05, 4.69) is 28.5 Å². The van der Waals surface area contributed by atoms with Crippen LogP contribution in [0.4, 0.5) is 4.39 Å². The molecule has 0 unspecified atom stereocenters. The van der Waals surface area contributed by atoms with Crippen molar-refractivity contribution in [1.82, 2.24) is 19.7 Å². The van der Waals surface area contributed by atoms with Crippen molar-refractivity contribution in [3.05, 3.63) is 78.1 Å². The predicted molar refractivity (Wildman–Crippen MR) is 113 cm³/mol. The molecule has 1 aromatic carbocycles. The Labute approximate surface area is 178 Å². The summed E-state index contributed by atoms with van der Waals surface area (Å²) < 4.78 is 14.7. The first-order valence-electron chi connectivity index (χ1n) is 9.54. The van der Waals surface area contributed by atoms with Gasteiger partial charge in [0.05, 0.1) is 29.5 Å². The molecule has 0 aliphatic carbocycles. The van der Waals surface area contributed by atoms with Crippen LogP contribution < -0.4 is 5.73 Å². The molecule has 0 spiro atoms. The Morgan fingerprint density at radius 1 is 1.35 bits per heavy atom. The van der Waals surface area contributed by atoms with Gasteiger partial charge in [-0.1, -0.05) is 30.6 Å². The Hall–Kier alpha value is -3.96. The molecule has 1 fully saturated rings. The number of nitrogens with zero attached hydrogens (tertiary/aromatic N) is 4. The molecular formula is C23H20FN5O2. The standard InChI is InChI=1S/C23H20FN5O2/c1-15-23(31,8-9-28(15)2)7-6-16-4-3-5-17(10-16)20-11-19(12-21(27-20)22(25)30)29-14-18(24)13-26-29/h3-5,10-14,31H,1,8-9H2,2H3,(H2,25,30)/t23-/m0/s1. The zero-order chi connectivity index (χ0) is 22.2. The number of nitrogens with two attached hydrogens (primary N) is 1. The average molecular weight is 417 g/mol. The largest absolute Gasteiger partial charge is 0.375 e. The van der Waals surface area contributed by atoms with Crippen molar-refractivity contribution >= 4 is 5.91 Å². The molecular weight excluding hydrogens is 397 g/mol. The normalized spacial score (nSPS) is 18.0. The first-order chi connectivity index (χ1) is 14.7. The summed E-state index contributed by atoms with van der Waals surface area (Å²) >= 11 is 0. The van der Waals surface area contributed by atoms with Crippen molar-refractivity contribution in [3.63, 3.8) is 0 Å². The number of aliphatic hydroxyl groups is 1. The molecule has 1 saturated heterocycles. The van der Waals surface area contributed by atoms with Crippen LogP contribution in [-0.2, 0) is 0 Å². The van der Waals surface area contributed by atoms with Crippen molar-refractivity contribution in [3.8, 4) is 28.8 Å². The van der Waals surface area contributed by atoms with Crippen molar-refractivity contribution < 1.29 is 14.3 Å². The Kier molecular flexibility index (Phi) is 5.05. The number of hydrogen-bond donors (Lipinski definition) is 2. The Morgan fingerprint density at radius 3 is 2.81 bits per heavy atom. The van der Waals surface area contributed by atoms with E-state index in [9.17, 15) is 14.3 Å². The van der Waals surface area contributed by atoms with Gasteiger partial charge in [0.1, 0.15) is 5.69 Å². The summed E-state index contributed by atoms with van der Waals surface area (Å²) in [4.78, 5) is 18.0. The molecule has 3 heterocycles. The van der Waals surface area contributed by atoms with Crippen LogP contribution >= 0.6 is 0 Å². The summed E-state index contributed by atoms with van der Waals surface area (Å²) in [7, 11) is 1.86. The van der Waals surface area contributed by atoms with Crippen LogP contribution in [0.3, 0.4) is 0 Å². The summed E-state index contributed by atoms with van der Waals surface area (Å²) in [6.45, 7) is 4.60. The lowest BCUT2D eigenvalue weighted by molar-refractivity contribution is 0.0995. The minimum absolute atomic E-state index is 0.0273. The highest BCUT2D eigenvalue weighted by molar-refractivity contribution is 5.92. The van der Waals surface area contributed by atoms with Gasteiger partial charge in [-0.2, -0.15) is 5.10 Å². The lowest BCUT2D eigenvalue weighted by Crippen LogP contribution is -2.26. The molecule has 1 amide bonds. The lowest BCUT2D eigenvalue weighted by Gasteiger charge is -2.19. The molecule has 1 aliphatic rings. The van der Waals surface area contributed by atoms with E-state index in [0.717, 1.165) is 6.20 Å². The number of carbonyl (C=O) groups is 1. The second-order valence-electron chi connectivity index (χ2n) is 7.37. The first kappa shape index (κ1) is 20.3. The van der Waals surface area contributed by atoms with Gasteiger partial charge in [-0.3, -0.25) is 4.79 Å². The number of halogens is 1. The maximum atomic E-state index is 13.4. The van der Waals surface area contributed by atoms with Gasteiger partial charge >= 0.3 is 0 Å². The van der Waals surface area contributed by atoms with Gasteiger partial charge in [-0.25, -0.2) is 14.1 Å². The van der Waals surface area contributed by atoms with E-state index in [1.807, 2.05) is 24.1 Å². The predicted octanol–water partition coefficient (Wildman–Crippen LogP) is 2.10. The molecule has 31 heavy (non-hydrogen) atoms. The second-order valence-corrected chi connectivity index (χ2v) is 7.37. The smallest absolute Gasteiger partial charge is 0.267 e. The van der Waals surface area contributed by atoms with Gasteiger partial charge in [0, 0.05) is 31.1 Å². The van der Waals surface area contributed by atoms with E-state index in [1.165, 1.54) is 16.9 Å². The topological polar surface area (TPSA) is 97.3 Å². The fourth-order valence-corrected chi connectivity index (χ4v) is 3.36. The number of likely N-dealkylation sites (tertiary alicyclic amines) is 1. The molecule has 0 bridgehead atoms. The molecule has 2 aromatic heterocycles. The maximum Gasteiger partial charge on any atom is 0.267 e. The summed E-state index contributed by atoms with van der Waals surface area (Å²) in [5.74, 6) is 4.70. The number of pyridine rings is 1. The monoisotopic (exact) mass is 417 g/mol. The molecule has 3 aromatic rings. The molecule has 1 atom stereocenters. The number of primary amides is 1. The van der Waals surface area contributed by atoms with Crippen molar-refractivity contribution in [2.24, 2.45) is 5.73 Å². The Balaban J connectivity index is 1.73. The van der Waals surface area contributed by atoms with Crippen molar-refractivity contribution in [2.45, 2.75) is 12.0 Å². The van der Waals surface area contributed by atoms with E-state index >= 15 is 0 Å². The number of benzene rings is 1. The lowest BCUT2D eigenvalue weighted by atomic mass is 10.00. The van der Waals surface area contributed by atoms with Crippen LogP contribution in [0.25, 0.3) is 16.9 Å². The third-order valence-electron chi connectivity index (χ3n) is 5.20. The summed E-state index contributed by atoms with van der Waals surface area (Å²) in [6.07, 6.45) is 2.75. The summed E-state index contributed by atoms with van der Waals surface area (Å²) in [5, 5.41) is 14.7. The van der Waals surface area contributed by atoms with Crippen LogP contribution in [0.1, 0.15) is 22.5 Å². The quantitative estimate of drug-likeness (QED) is 0.636. The minimum Gasteiger partial charge on any atom is -0.375 e. The van der Waals surface area contributed by atoms with Crippen LogP contribution in [0.2, 0.25) is 0 Å². The highest BCUT2D eigenvalue weighted by Gasteiger charge is 2.36. The molecule has 0 saturated carbocycles. The van der Waals surface area contributed by atoms with Crippen LogP contribution in [0.5, 0.6) is 0 Å². The van der Waals surface area contributed by atoms with E-state index < -0.39 is 17.3 Å². The molecule has 0 radical (unpaired) electrons. The molecule has 156 valence electrons. The zero-order valence-electron chi connectivity index (χ0n) is 16.8. The van der Waals surface area contributed by atoms with Crippen molar-refractivity contribution in [2.75, 3.05) is 13.6 Å². The fraction of sp³-hybridized carbons (Fsp3) is 0.174. The van der Waals surface area contributed by atoms with E-state index in [0.29, 0.717) is 41.2 Å². The Morgan fingerprint density at radius 2 is 2.16 bits per heavy atom. The number of carbonyl (C=O) groups excluding carboxylic acids is 1. The summed E-state index contributed by atoms with van der Waals surface area (Å²) in [5.41, 5.74) is 7.01. The molecule has 1 aliphatic heterocycles. The van der Waals surface area contributed by atoms with Gasteiger partial charge in [0.15, 0.2) is 11.4 Å². The van der Waals surface area contributed by atoms with Gasteiger partial charge < -0.3 is 15.7 Å². The highest BCUT2D eigenvalue weighted by Crippen LogP contribution is 2.29. The maximum absolute atomic E-state index is 13.4. The van der Waals surface area contributed by atoms with Crippen LogP contribution in [0, 0.1) is 17.7 Å². The first-order valence-corrected chi connectivity index (χ1v) is 9.54.